The summed E-state index contributed by atoms with van der Waals surface area (Å²) in [6, 6.07) is 16.9. The van der Waals surface area contributed by atoms with Crippen LogP contribution in [0, 0.1) is 0 Å². The highest BCUT2D eigenvalue weighted by Gasteiger charge is 2.17. The fourth-order valence-corrected chi connectivity index (χ4v) is 2.81. The van der Waals surface area contributed by atoms with Crippen molar-refractivity contribution in [2.45, 2.75) is 19.8 Å². The van der Waals surface area contributed by atoms with E-state index in [2.05, 4.69) is 4.98 Å². The van der Waals surface area contributed by atoms with Crippen molar-refractivity contribution in [3.8, 4) is 16.9 Å². The molecule has 0 fully saturated rings. The van der Waals surface area contributed by atoms with Crippen molar-refractivity contribution in [2.24, 2.45) is 0 Å². The highest BCUT2D eigenvalue weighted by Crippen LogP contribution is 2.31. The fourth-order valence-electron chi connectivity index (χ4n) is 2.81. The molecule has 0 aliphatic carbocycles. The number of carbonyl (C=O) groups is 2. The molecule has 1 heterocycles. The van der Waals surface area contributed by atoms with Gasteiger partial charge in [0.25, 0.3) is 0 Å². The minimum Gasteiger partial charge on any atom is -0.506 e. The second kappa shape index (κ2) is 7.78. The third kappa shape index (κ3) is 3.72. The number of aromatic nitrogens is 1. The van der Waals surface area contributed by atoms with E-state index in [9.17, 15) is 14.7 Å². The van der Waals surface area contributed by atoms with E-state index >= 15 is 0 Å². The molecule has 132 valence electrons. The lowest BCUT2D eigenvalue weighted by molar-refractivity contribution is -0.143. The van der Waals surface area contributed by atoms with Crippen molar-refractivity contribution in [3.63, 3.8) is 0 Å². The predicted molar refractivity (Wildman–Crippen MR) is 99.0 cm³/mol. The fraction of sp³-hybridized carbons (Fsp3) is 0.190. The number of ketones is 1. The first-order valence-electron chi connectivity index (χ1n) is 8.47. The van der Waals surface area contributed by atoms with Gasteiger partial charge in [-0.15, -0.1) is 0 Å². The molecule has 0 radical (unpaired) electrons. The van der Waals surface area contributed by atoms with Crippen LogP contribution < -0.4 is 0 Å². The first kappa shape index (κ1) is 17.6. The van der Waals surface area contributed by atoms with Crippen molar-refractivity contribution in [1.82, 2.24) is 4.98 Å². The minimum absolute atomic E-state index is 0.0230. The van der Waals surface area contributed by atoms with E-state index in [4.69, 9.17) is 4.74 Å². The van der Waals surface area contributed by atoms with Crippen LogP contribution in [0.4, 0.5) is 0 Å². The summed E-state index contributed by atoms with van der Waals surface area (Å²) in [6.45, 7) is 1.98. The van der Waals surface area contributed by atoms with Gasteiger partial charge in [0.15, 0.2) is 5.78 Å². The molecule has 1 aromatic heterocycles. The molecule has 0 aliphatic rings. The number of benzene rings is 2. The topological polar surface area (TPSA) is 76.5 Å². The Bertz CT molecular complexity index is 951. The normalized spacial score (nSPS) is 10.7. The van der Waals surface area contributed by atoms with Crippen LogP contribution >= 0.6 is 0 Å². The van der Waals surface area contributed by atoms with Crippen LogP contribution in [0.3, 0.4) is 0 Å². The Morgan fingerprint density at radius 3 is 2.54 bits per heavy atom. The number of rotatable bonds is 6. The van der Waals surface area contributed by atoms with Crippen molar-refractivity contribution in [2.75, 3.05) is 6.61 Å². The van der Waals surface area contributed by atoms with E-state index in [0.717, 1.165) is 16.5 Å². The van der Waals surface area contributed by atoms with Gasteiger partial charge in [-0.2, -0.15) is 0 Å². The van der Waals surface area contributed by atoms with Crippen LogP contribution in [0.2, 0.25) is 0 Å². The molecule has 0 bridgehead atoms. The molecule has 0 saturated carbocycles. The number of carbonyl (C=O) groups excluding carboxylic acids is 2. The number of ether oxygens (including phenoxy) is 1. The van der Waals surface area contributed by atoms with Gasteiger partial charge in [-0.3, -0.25) is 9.59 Å². The number of hydrogen-bond acceptors (Lipinski definition) is 5. The van der Waals surface area contributed by atoms with Crippen LogP contribution in [0.15, 0.2) is 54.6 Å². The lowest BCUT2D eigenvalue weighted by atomic mass is 10.0. The number of Topliss-reactive ketones (excluding diaryl/α,β-unsaturated/α-hetero) is 1. The van der Waals surface area contributed by atoms with E-state index in [1.165, 1.54) is 6.07 Å². The molecule has 5 heteroatoms. The average molecular weight is 349 g/mol. The molecule has 3 rings (SSSR count). The average Bonchev–Trinajstić information content (AvgIpc) is 2.66. The second-order valence-corrected chi connectivity index (χ2v) is 5.83. The van der Waals surface area contributed by atoms with Crippen LogP contribution in [-0.4, -0.2) is 28.4 Å². The Morgan fingerprint density at radius 2 is 1.81 bits per heavy atom. The zero-order chi connectivity index (χ0) is 18.5. The second-order valence-electron chi connectivity index (χ2n) is 5.83. The number of fused-ring (bicyclic) bond motifs is 1. The molecule has 0 atom stereocenters. The molecule has 0 saturated heterocycles. The largest absolute Gasteiger partial charge is 0.506 e. The van der Waals surface area contributed by atoms with Gasteiger partial charge < -0.3 is 9.84 Å². The van der Waals surface area contributed by atoms with Gasteiger partial charge in [-0.05, 0) is 18.6 Å². The highest BCUT2D eigenvalue weighted by atomic mass is 16.5. The summed E-state index contributed by atoms with van der Waals surface area (Å²) in [6.07, 6.45) is -0.0927. The standard InChI is InChI=1S/C21H19NO4/c1-2-26-19(25)12-11-17(23)21-18(24)13-15-9-6-10-16(20(15)22-21)14-7-4-3-5-8-14/h3-10,13,24H,2,11-12H2,1H3. The molecule has 2 aromatic carbocycles. The zero-order valence-electron chi connectivity index (χ0n) is 14.4. The first-order valence-corrected chi connectivity index (χ1v) is 8.47. The third-order valence-corrected chi connectivity index (χ3v) is 4.04. The maximum Gasteiger partial charge on any atom is 0.306 e. The molecular formula is C21H19NO4. The Kier molecular flexibility index (Phi) is 5.27. The van der Waals surface area contributed by atoms with Crippen LogP contribution in [0.1, 0.15) is 30.3 Å². The monoisotopic (exact) mass is 349 g/mol. The van der Waals surface area contributed by atoms with E-state index in [1.54, 1.807) is 6.92 Å². The Balaban J connectivity index is 1.98. The van der Waals surface area contributed by atoms with Gasteiger partial charge in [0.1, 0.15) is 11.4 Å². The molecule has 26 heavy (non-hydrogen) atoms. The molecule has 0 spiro atoms. The lowest BCUT2D eigenvalue weighted by Gasteiger charge is -2.09. The number of aromatic hydroxyl groups is 1. The summed E-state index contributed by atoms with van der Waals surface area (Å²) in [5.74, 6) is -1.01. The van der Waals surface area contributed by atoms with Crippen molar-refractivity contribution >= 4 is 22.7 Å². The lowest BCUT2D eigenvalue weighted by Crippen LogP contribution is -2.09. The summed E-state index contributed by atoms with van der Waals surface area (Å²) in [5.41, 5.74) is 2.46. The number of para-hydroxylation sites is 1. The summed E-state index contributed by atoms with van der Waals surface area (Å²) in [5, 5.41) is 11.0. The molecule has 1 N–H and O–H groups in total. The van der Waals surface area contributed by atoms with Crippen molar-refractivity contribution < 1.29 is 19.4 Å². The van der Waals surface area contributed by atoms with E-state index in [1.807, 2.05) is 48.5 Å². The summed E-state index contributed by atoms with van der Waals surface area (Å²) < 4.78 is 4.83. The van der Waals surface area contributed by atoms with Crippen molar-refractivity contribution in [3.05, 3.63) is 60.3 Å². The smallest absolute Gasteiger partial charge is 0.306 e. The third-order valence-electron chi connectivity index (χ3n) is 4.04. The number of esters is 1. The molecule has 3 aromatic rings. The van der Waals surface area contributed by atoms with Crippen LogP contribution in [-0.2, 0) is 9.53 Å². The van der Waals surface area contributed by atoms with E-state index < -0.39 is 5.97 Å². The quantitative estimate of drug-likeness (QED) is 0.535. The summed E-state index contributed by atoms with van der Waals surface area (Å²) in [4.78, 5) is 28.3. The van der Waals surface area contributed by atoms with Gasteiger partial charge in [-0.1, -0.05) is 48.5 Å². The van der Waals surface area contributed by atoms with E-state index in [0.29, 0.717) is 5.52 Å². The van der Waals surface area contributed by atoms with Gasteiger partial charge in [0.05, 0.1) is 18.5 Å². The SMILES string of the molecule is CCOC(=O)CCC(=O)c1nc2c(-c3ccccc3)cccc2cc1O. The van der Waals surface area contributed by atoms with Crippen molar-refractivity contribution in [1.29, 1.82) is 0 Å². The van der Waals surface area contributed by atoms with Gasteiger partial charge in [0.2, 0.25) is 0 Å². The molecule has 0 aliphatic heterocycles. The maximum absolute atomic E-state index is 12.4. The summed E-state index contributed by atoms with van der Waals surface area (Å²) >= 11 is 0. The number of hydrogen-bond donors (Lipinski definition) is 1. The Hall–Kier alpha value is -3.21. The Morgan fingerprint density at radius 1 is 1.04 bits per heavy atom. The number of nitrogens with zero attached hydrogens (tertiary/aromatic N) is 1. The molecule has 0 unspecified atom stereocenters. The molecule has 5 nitrogen and oxygen atoms in total. The molecular weight excluding hydrogens is 330 g/mol. The van der Waals surface area contributed by atoms with Crippen LogP contribution in [0.5, 0.6) is 5.75 Å². The van der Waals surface area contributed by atoms with Gasteiger partial charge >= 0.3 is 5.97 Å². The first-order chi connectivity index (χ1) is 12.6. The zero-order valence-corrected chi connectivity index (χ0v) is 14.4. The maximum atomic E-state index is 12.4. The van der Waals surface area contributed by atoms with E-state index in [-0.39, 0.29) is 36.7 Å². The van der Waals surface area contributed by atoms with Gasteiger partial charge in [-0.25, -0.2) is 4.98 Å². The number of pyridine rings is 1. The highest BCUT2D eigenvalue weighted by molar-refractivity contribution is 6.02. The van der Waals surface area contributed by atoms with Crippen LogP contribution in [0.25, 0.3) is 22.0 Å². The summed E-state index contributed by atoms with van der Waals surface area (Å²) in [7, 11) is 0. The predicted octanol–water partition coefficient (Wildman–Crippen LogP) is 4.13. The minimum atomic E-state index is -0.439. The Labute approximate surface area is 151 Å². The molecule has 0 amide bonds. The van der Waals surface area contributed by atoms with Gasteiger partial charge in [0, 0.05) is 17.4 Å².